The zero-order valence-electron chi connectivity index (χ0n) is 20.7. The van der Waals surface area contributed by atoms with Gasteiger partial charge in [0.2, 0.25) is 0 Å². The highest BCUT2D eigenvalue weighted by atomic mass is 32.1. The largest absolute Gasteiger partial charge is 0.507 e. The summed E-state index contributed by atoms with van der Waals surface area (Å²) in [5, 5.41) is 11.6. The molecular weight excluding hydrogens is 486 g/mol. The third kappa shape index (κ3) is 4.84. The Labute approximate surface area is 219 Å². The molecule has 0 spiro atoms. The van der Waals surface area contributed by atoms with E-state index in [-0.39, 0.29) is 11.3 Å². The lowest BCUT2D eigenvalue weighted by Gasteiger charge is -2.23. The van der Waals surface area contributed by atoms with Crippen molar-refractivity contribution in [3.05, 3.63) is 89.3 Å². The van der Waals surface area contributed by atoms with E-state index in [0.29, 0.717) is 28.6 Å². The van der Waals surface area contributed by atoms with Gasteiger partial charge in [0.25, 0.3) is 5.78 Å². The molecule has 4 aromatic rings. The molecule has 1 unspecified atom stereocenters. The highest BCUT2D eigenvalue weighted by Crippen LogP contribution is 2.44. The van der Waals surface area contributed by atoms with Crippen LogP contribution in [0.15, 0.2) is 72.6 Å². The fourth-order valence-electron chi connectivity index (χ4n) is 4.42. The zero-order valence-corrected chi connectivity index (χ0v) is 21.5. The van der Waals surface area contributed by atoms with E-state index < -0.39 is 17.7 Å². The summed E-state index contributed by atoms with van der Waals surface area (Å²) in [6, 6.07) is 15.5. The van der Waals surface area contributed by atoms with Gasteiger partial charge in [0, 0.05) is 18.0 Å². The molecule has 2 aromatic carbocycles. The summed E-state index contributed by atoms with van der Waals surface area (Å²) in [6.07, 6.45) is 6.25. The second-order valence-electron chi connectivity index (χ2n) is 9.00. The molecule has 1 aliphatic rings. The number of hydrogen-bond donors (Lipinski definition) is 1. The number of Topliss-reactive ketones (excluding diaryl/α,β-unsaturated/α-hetero) is 1. The van der Waals surface area contributed by atoms with Crippen LogP contribution in [0.1, 0.15) is 48.9 Å². The molecule has 1 aliphatic heterocycles. The van der Waals surface area contributed by atoms with Crippen molar-refractivity contribution in [3.8, 4) is 5.75 Å². The third-order valence-corrected chi connectivity index (χ3v) is 7.37. The van der Waals surface area contributed by atoms with Crippen molar-refractivity contribution in [2.75, 3.05) is 11.5 Å². The normalized spacial score (nSPS) is 17.0. The van der Waals surface area contributed by atoms with E-state index in [4.69, 9.17) is 4.74 Å². The molecule has 3 heterocycles. The number of carbonyl (C=O) groups is 2. The molecule has 188 valence electrons. The number of thiazole rings is 1. The number of fused-ring (bicyclic) bond motifs is 1. The molecule has 1 fully saturated rings. The smallest absolute Gasteiger partial charge is 0.301 e. The molecule has 0 aliphatic carbocycles. The highest BCUT2D eigenvalue weighted by molar-refractivity contribution is 7.22. The number of anilines is 1. The third-order valence-electron chi connectivity index (χ3n) is 6.35. The maximum Gasteiger partial charge on any atom is 0.301 e. The highest BCUT2D eigenvalue weighted by Gasteiger charge is 2.48. The van der Waals surface area contributed by atoms with Crippen molar-refractivity contribution >= 4 is 44.1 Å². The molecule has 0 saturated carbocycles. The quantitative estimate of drug-likeness (QED) is 0.131. The van der Waals surface area contributed by atoms with Gasteiger partial charge in [0.15, 0.2) is 5.13 Å². The Hall–Kier alpha value is -4.04. The molecule has 1 N–H and O–H groups in total. The maximum atomic E-state index is 13.4. The van der Waals surface area contributed by atoms with Gasteiger partial charge in [-0.15, -0.1) is 0 Å². The molecule has 2 aromatic heterocycles. The number of aliphatic hydroxyl groups excluding tert-OH is 1. The molecule has 7 nitrogen and oxygen atoms in total. The summed E-state index contributed by atoms with van der Waals surface area (Å²) in [5.41, 5.74) is 2.92. The summed E-state index contributed by atoms with van der Waals surface area (Å²) in [4.78, 5) is 36.8. The average Bonchev–Trinajstić information content (AvgIpc) is 3.44. The Morgan fingerprint density at radius 3 is 2.54 bits per heavy atom. The molecule has 0 radical (unpaired) electrons. The lowest BCUT2D eigenvalue weighted by molar-refractivity contribution is -0.132. The van der Waals surface area contributed by atoms with Crippen molar-refractivity contribution in [1.82, 2.24) is 9.97 Å². The molecular formula is C29H27N3O4S. The number of aromatic nitrogens is 2. The van der Waals surface area contributed by atoms with Crippen molar-refractivity contribution in [3.63, 3.8) is 0 Å². The number of rotatable bonds is 8. The van der Waals surface area contributed by atoms with Gasteiger partial charge in [-0.2, -0.15) is 0 Å². The molecule has 37 heavy (non-hydrogen) atoms. The van der Waals surface area contributed by atoms with Crippen molar-refractivity contribution < 1.29 is 19.4 Å². The Bertz CT molecular complexity index is 1480. The summed E-state index contributed by atoms with van der Waals surface area (Å²) >= 11 is 1.34. The van der Waals surface area contributed by atoms with Crippen LogP contribution in [0, 0.1) is 6.92 Å². The summed E-state index contributed by atoms with van der Waals surface area (Å²) < 4.78 is 6.77. The van der Waals surface area contributed by atoms with E-state index in [1.54, 1.807) is 12.1 Å². The van der Waals surface area contributed by atoms with Crippen molar-refractivity contribution in [2.24, 2.45) is 0 Å². The van der Waals surface area contributed by atoms with Crippen LogP contribution < -0.4 is 9.64 Å². The van der Waals surface area contributed by atoms with Gasteiger partial charge in [-0.05, 0) is 60.9 Å². The first kappa shape index (κ1) is 24.6. The molecule has 1 saturated heterocycles. The van der Waals surface area contributed by atoms with Gasteiger partial charge in [-0.25, -0.2) is 4.98 Å². The number of aliphatic hydroxyl groups is 1. The van der Waals surface area contributed by atoms with Gasteiger partial charge in [0.05, 0.1) is 28.4 Å². The maximum absolute atomic E-state index is 13.4. The molecule has 8 heteroatoms. The van der Waals surface area contributed by atoms with Crippen LogP contribution in [0.25, 0.3) is 16.0 Å². The number of unbranched alkanes of at least 4 members (excludes halogenated alkanes) is 2. The lowest BCUT2D eigenvalue weighted by atomic mass is 9.95. The van der Waals surface area contributed by atoms with Gasteiger partial charge < -0.3 is 9.84 Å². The first-order valence-electron chi connectivity index (χ1n) is 12.3. The predicted octanol–water partition coefficient (Wildman–Crippen LogP) is 6.20. The summed E-state index contributed by atoms with van der Waals surface area (Å²) in [6.45, 7) is 4.76. The number of amides is 1. The van der Waals surface area contributed by atoms with Gasteiger partial charge in [-0.3, -0.25) is 19.5 Å². The number of hydrogen-bond acceptors (Lipinski definition) is 7. The van der Waals surface area contributed by atoms with E-state index in [1.165, 1.54) is 28.6 Å². The number of nitrogens with zero attached hydrogens (tertiary/aromatic N) is 3. The number of ether oxygens (including phenoxy) is 1. The van der Waals surface area contributed by atoms with Crippen molar-refractivity contribution in [1.29, 1.82) is 0 Å². The monoisotopic (exact) mass is 513 g/mol. The minimum atomic E-state index is -0.844. The fourth-order valence-corrected chi connectivity index (χ4v) is 5.51. The van der Waals surface area contributed by atoms with Crippen LogP contribution in [0.5, 0.6) is 5.75 Å². The minimum absolute atomic E-state index is 0.0169. The standard InChI is InChI=1S/C29H27N3O4S/c1-3-4-5-16-36-21-9-7-19(8-10-21)25-24(26(33)20-12-14-30-15-13-20)27(34)28(35)32(25)29-31-22-11-6-18(2)17-23(22)37-29/h6-15,17,25,33H,3-5,16H2,1-2H3. The zero-order chi connectivity index (χ0) is 25.9. The number of benzene rings is 2. The minimum Gasteiger partial charge on any atom is -0.507 e. The summed E-state index contributed by atoms with van der Waals surface area (Å²) in [5.74, 6) is -1.02. The van der Waals surface area contributed by atoms with E-state index in [9.17, 15) is 14.7 Å². The number of ketones is 1. The van der Waals surface area contributed by atoms with Gasteiger partial charge >= 0.3 is 5.91 Å². The van der Waals surface area contributed by atoms with Crippen LogP contribution in [-0.2, 0) is 9.59 Å². The van der Waals surface area contributed by atoms with E-state index in [0.717, 1.165) is 35.0 Å². The van der Waals surface area contributed by atoms with Crippen LogP contribution in [0.3, 0.4) is 0 Å². The average molecular weight is 514 g/mol. The molecule has 0 bridgehead atoms. The Morgan fingerprint density at radius 1 is 1.05 bits per heavy atom. The number of pyridine rings is 1. The second kappa shape index (κ2) is 10.5. The molecule has 1 atom stereocenters. The topological polar surface area (TPSA) is 92.6 Å². The van der Waals surface area contributed by atoms with Gasteiger partial charge in [0.1, 0.15) is 11.5 Å². The Balaban J connectivity index is 1.59. The van der Waals surface area contributed by atoms with Crippen LogP contribution in [0.4, 0.5) is 5.13 Å². The fraction of sp³-hybridized carbons (Fsp3) is 0.241. The summed E-state index contributed by atoms with van der Waals surface area (Å²) in [7, 11) is 0. The SMILES string of the molecule is CCCCCOc1ccc(C2C(=C(O)c3ccncc3)C(=O)C(=O)N2c2nc3ccc(C)cc3s2)cc1. The van der Waals surface area contributed by atoms with Crippen molar-refractivity contribution in [2.45, 2.75) is 39.2 Å². The van der Waals surface area contributed by atoms with Crippen LogP contribution in [0.2, 0.25) is 0 Å². The van der Waals surface area contributed by atoms with Crippen LogP contribution >= 0.6 is 11.3 Å². The van der Waals surface area contributed by atoms with E-state index in [1.807, 2.05) is 49.4 Å². The van der Waals surface area contributed by atoms with E-state index >= 15 is 0 Å². The van der Waals surface area contributed by atoms with Crippen LogP contribution in [-0.4, -0.2) is 33.4 Å². The molecule has 1 amide bonds. The van der Waals surface area contributed by atoms with Gasteiger partial charge in [-0.1, -0.05) is 49.3 Å². The predicted molar refractivity (Wildman–Crippen MR) is 145 cm³/mol. The Kier molecular flexibility index (Phi) is 7.01. The second-order valence-corrected chi connectivity index (χ2v) is 10.0. The van der Waals surface area contributed by atoms with E-state index in [2.05, 4.69) is 16.9 Å². The molecule has 5 rings (SSSR count). The first-order valence-corrected chi connectivity index (χ1v) is 13.1. The Morgan fingerprint density at radius 2 is 1.81 bits per heavy atom. The first-order chi connectivity index (χ1) is 18.0. The lowest BCUT2D eigenvalue weighted by Crippen LogP contribution is -2.29. The number of carbonyl (C=O) groups excluding carboxylic acids is 2. The number of aryl methyl sites for hydroxylation is 1.